The van der Waals surface area contributed by atoms with Crippen molar-refractivity contribution in [2.24, 2.45) is 0 Å². The number of anilines is 1. The number of nitrogens with zero attached hydrogens (tertiary/aromatic N) is 4. The van der Waals surface area contributed by atoms with Gasteiger partial charge in [0, 0.05) is 49.9 Å². The number of hydrogen-bond acceptors (Lipinski definition) is 4. The molecule has 2 fully saturated rings. The summed E-state index contributed by atoms with van der Waals surface area (Å²) in [6.07, 6.45) is 2.80. The fourth-order valence-corrected chi connectivity index (χ4v) is 3.59. The number of morpholine rings is 1. The SMILES string of the molecule is Cc1cc(Br)cnc1N1CCCN(C(=O)N2CCOCC2)CC1. The molecule has 0 aliphatic carbocycles. The van der Waals surface area contributed by atoms with E-state index >= 15 is 0 Å². The van der Waals surface area contributed by atoms with Gasteiger partial charge in [-0.2, -0.15) is 0 Å². The quantitative estimate of drug-likeness (QED) is 0.746. The number of urea groups is 1. The summed E-state index contributed by atoms with van der Waals surface area (Å²) in [4.78, 5) is 23.3. The van der Waals surface area contributed by atoms with Crippen LogP contribution in [0.25, 0.3) is 0 Å². The first-order valence-electron chi connectivity index (χ1n) is 8.14. The fraction of sp³-hybridized carbons (Fsp3) is 0.625. The topological polar surface area (TPSA) is 48.9 Å². The second-order valence-electron chi connectivity index (χ2n) is 6.00. The third kappa shape index (κ3) is 3.95. The highest BCUT2D eigenvalue weighted by molar-refractivity contribution is 9.10. The molecular weight excluding hydrogens is 360 g/mol. The molecule has 126 valence electrons. The van der Waals surface area contributed by atoms with Gasteiger partial charge >= 0.3 is 6.03 Å². The van der Waals surface area contributed by atoms with E-state index in [-0.39, 0.29) is 6.03 Å². The second kappa shape index (κ2) is 7.49. The molecule has 0 saturated carbocycles. The maximum absolute atomic E-state index is 12.6. The van der Waals surface area contributed by atoms with Crippen LogP contribution in [0.2, 0.25) is 0 Å². The smallest absolute Gasteiger partial charge is 0.320 e. The van der Waals surface area contributed by atoms with Crippen LogP contribution in [0.5, 0.6) is 0 Å². The number of halogens is 1. The average molecular weight is 383 g/mol. The first-order chi connectivity index (χ1) is 11.1. The molecular formula is C16H23BrN4O2. The summed E-state index contributed by atoms with van der Waals surface area (Å²) in [7, 11) is 0. The van der Waals surface area contributed by atoms with E-state index < -0.39 is 0 Å². The third-order valence-corrected chi connectivity index (χ3v) is 4.80. The zero-order valence-corrected chi connectivity index (χ0v) is 15.1. The number of carbonyl (C=O) groups is 1. The summed E-state index contributed by atoms with van der Waals surface area (Å²) in [6.45, 7) is 8.08. The molecule has 0 radical (unpaired) electrons. The molecule has 0 atom stereocenters. The number of pyridine rings is 1. The van der Waals surface area contributed by atoms with Crippen LogP contribution in [-0.4, -0.2) is 73.3 Å². The fourth-order valence-electron chi connectivity index (χ4n) is 3.14. The lowest BCUT2D eigenvalue weighted by Gasteiger charge is -2.32. The van der Waals surface area contributed by atoms with E-state index in [1.807, 2.05) is 16.0 Å². The van der Waals surface area contributed by atoms with Gasteiger partial charge < -0.3 is 19.4 Å². The van der Waals surface area contributed by atoms with Crippen LogP contribution in [-0.2, 0) is 4.74 Å². The lowest BCUT2D eigenvalue weighted by atomic mass is 10.2. The molecule has 2 amide bonds. The molecule has 23 heavy (non-hydrogen) atoms. The molecule has 0 N–H and O–H groups in total. The van der Waals surface area contributed by atoms with E-state index in [2.05, 4.69) is 38.8 Å². The highest BCUT2D eigenvalue weighted by Crippen LogP contribution is 2.22. The normalized spacial score (nSPS) is 19.7. The standard InChI is InChI=1S/C16H23BrN4O2/c1-13-11-14(17)12-18-15(13)19-3-2-4-20(6-5-19)16(22)21-7-9-23-10-8-21/h11-12H,2-10H2,1H3. The number of rotatable bonds is 1. The van der Waals surface area contributed by atoms with Gasteiger partial charge in [-0.25, -0.2) is 9.78 Å². The zero-order valence-electron chi connectivity index (χ0n) is 13.5. The Morgan fingerprint density at radius 2 is 1.87 bits per heavy atom. The Balaban J connectivity index is 1.63. The summed E-state index contributed by atoms with van der Waals surface area (Å²) >= 11 is 3.46. The summed E-state index contributed by atoms with van der Waals surface area (Å²) in [5.41, 5.74) is 1.16. The van der Waals surface area contributed by atoms with Crippen LogP contribution in [0.4, 0.5) is 10.6 Å². The van der Waals surface area contributed by atoms with Gasteiger partial charge in [-0.15, -0.1) is 0 Å². The minimum Gasteiger partial charge on any atom is -0.378 e. The molecule has 6 nitrogen and oxygen atoms in total. The molecule has 1 aromatic heterocycles. The number of aryl methyl sites for hydroxylation is 1. The van der Waals surface area contributed by atoms with Gasteiger partial charge in [0.15, 0.2) is 0 Å². The summed E-state index contributed by atoms with van der Waals surface area (Å²) < 4.78 is 6.32. The Kier molecular flexibility index (Phi) is 5.38. The molecule has 3 rings (SSSR count). The molecule has 1 aromatic rings. The summed E-state index contributed by atoms with van der Waals surface area (Å²) in [5.74, 6) is 1.02. The van der Waals surface area contributed by atoms with E-state index in [0.29, 0.717) is 26.3 Å². The van der Waals surface area contributed by atoms with Crippen molar-refractivity contribution >= 4 is 27.8 Å². The van der Waals surface area contributed by atoms with Crippen LogP contribution in [0.15, 0.2) is 16.7 Å². The highest BCUT2D eigenvalue weighted by atomic mass is 79.9. The Hall–Kier alpha value is -1.34. The second-order valence-corrected chi connectivity index (χ2v) is 6.92. The number of carbonyl (C=O) groups excluding carboxylic acids is 1. The lowest BCUT2D eigenvalue weighted by Crippen LogP contribution is -2.49. The van der Waals surface area contributed by atoms with Gasteiger partial charge in [0.1, 0.15) is 5.82 Å². The van der Waals surface area contributed by atoms with Gasteiger partial charge in [0.2, 0.25) is 0 Å². The van der Waals surface area contributed by atoms with Crippen molar-refractivity contribution in [3.05, 3.63) is 22.3 Å². The largest absolute Gasteiger partial charge is 0.378 e. The molecule has 0 spiro atoms. The van der Waals surface area contributed by atoms with Crippen LogP contribution in [0.1, 0.15) is 12.0 Å². The van der Waals surface area contributed by atoms with Crippen LogP contribution in [0, 0.1) is 6.92 Å². The monoisotopic (exact) mass is 382 g/mol. The highest BCUT2D eigenvalue weighted by Gasteiger charge is 2.25. The molecule has 2 saturated heterocycles. The number of hydrogen-bond donors (Lipinski definition) is 0. The Morgan fingerprint density at radius 3 is 2.61 bits per heavy atom. The molecule has 0 aromatic carbocycles. The molecule has 0 bridgehead atoms. The van der Waals surface area contributed by atoms with E-state index in [1.54, 1.807) is 0 Å². The average Bonchev–Trinajstić information content (AvgIpc) is 2.81. The lowest BCUT2D eigenvalue weighted by molar-refractivity contribution is 0.0438. The van der Waals surface area contributed by atoms with Crippen molar-refractivity contribution < 1.29 is 9.53 Å². The van der Waals surface area contributed by atoms with Gasteiger partial charge in [-0.3, -0.25) is 0 Å². The molecule has 3 heterocycles. The Bertz CT molecular complexity index is 563. The van der Waals surface area contributed by atoms with Gasteiger partial charge in [-0.05, 0) is 40.9 Å². The minimum absolute atomic E-state index is 0.149. The number of ether oxygens (including phenoxy) is 1. The van der Waals surface area contributed by atoms with Gasteiger partial charge in [0.25, 0.3) is 0 Å². The maximum Gasteiger partial charge on any atom is 0.320 e. The van der Waals surface area contributed by atoms with Crippen LogP contribution in [0.3, 0.4) is 0 Å². The van der Waals surface area contributed by atoms with Crippen LogP contribution < -0.4 is 4.90 Å². The molecule has 2 aliphatic heterocycles. The first-order valence-corrected chi connectivity index (χ1v) is 8.93. The van der Waals surface area contributed by atoms with Crippen molar-refractivity contribution in [3.63, 3.8) is 0 Å². The van der Waals surface area contributed by atoms with Gasteiger partial charge in [0.05, 0.1) is 13.2 Å². The molecule has 2 aliphatic rings. The van der Waals surface area contributed by atoms with E-state index in [4.69, 9.17) is 4.74 Å². The maximum atomic E-state index is 12.6. The van der Waals surface area contributed by atoms with E-state index in [0.717, 1.165) is 48.5 Å². The summed E-state index contributed by atoms with van der Waals surface area (Å²) in [6, 6.07) is 2.24. The van der Waals surface area contributed by atoms with Crippen molar-refractivity contribution in [1.82, 2.24) is 14.8 Å². The number of aromatic nitrogens is 1. The van der Waals surface area contributed by atoms with Crippen molar-refractivity contribution in [2.45, 2.75) is 13.3 Å². The first kappa shape index (κ1) is 16.5. The predicted octanol–water partition coefficient (Wildman–Crippen LogP) is 2.12. The third-order valence-electron chi connectivity index (χ3n) is 4.36. The van der Waals surface area contributed by atoms with E-state index in [9.17, 15) is 4.79 Å². The van der Waals surface area contributed by atoms with Crippen molar-refractivity contribution in [2.75, 3.05) is 57.4 Å². The Labute approximate surface area is 145 Å². The van der Waals surface area contributed by atoms with E-state index in [1.165, 1.54) is 0 Å². The molecule has 0 unspecified atom stereocenters. The number of amides is 2. The zero-order chi connectivity index (χ0) is 16.2. The Morgan fingerprint density at radius 1 is 1.13 bits per heavy atom. The van der Waals surface area contributed by atoms with Crippen LogP contribution >= 0.6 is 15.9 Å². The van der Waals surface area contributed by atoms with Gasteiger partial charge in [-0.1, -0.05) is 0 Å². The van der Waals surface area contributed by atoms with Crippen molar-refractivity contribution in [1.29, 1.82) is 0 Å². The minimum atomic E-state index is 0.149. The van der Waals surface area contributed by atoms with Crippen molar-refractivity contribution in [3.8, 4) is 0 Å². The summed E-state index contributed by atoms with van der Waals surface area (Å²) in [5, 5.41) is 0. The predicted molar refractivity (Wildman–Crippen MR) is 92.9 cm³/mol. The molecule has 7 heteroatoms.